The van der Waals surface area contributed by atoms with Crippen LogP contribution in [-0.2, 0) is 19.6 Å². The van der Waals surface area contributed by atoms with Crippen molar-refractivity contribution in [2.75, 3.05) is 14.2 Å². The average Bonchev–Trinajstić information content (AvgIpc) is 2.78. The van der Waals surface area contributed by atoms with E-state index >= 15 is 0 Å². The standard InChI is InChI=1S/C23H30FNO5S/c1-29-20-14-16-21(17-15-20)31(27,28)25-22(18-10-12-19(24)13-11-18)8-6-4-3-5-7-9-23(26)30-2/h10-17,22,25H,3-9H2,1-2H3. The maximum atomic E-state index is 13.3. The Morgan fingerprint density at radius 3 is 2.16 bits per heavy atom. The van der Waals surface area contributed by atoms with Gasteiger partial charge in [0, 0.05) is 12.5 Å². The molecule has 2 rings (SSSR count). The van der Waals surface area contributed by atoms with E-state index in [4.69, 9.17) is 4.74 Å². The molecule has 1 N–H and O–H groups in total. The molecular formula is C23H30FNO5S. The number of hydrogen-bond acceptors (Lipinski definition) is 5. The van der Waals surface area contributed by atoms with E-state index in [0.717, 1.165) is 32.1 Å². The van der Waals surface area contributed by atoms with Crippen LogP contribution in [0.15, 0.2) is 53.4 Å². The lowest BCUT2D eigenvalue weighted by atomic mass is 10.0. The van der Waals surface area contributed by atoms with Crippen molar-refractivity contribution in [3.05, 3.63) is 59.9 Å². The molecule has 1 unspecified atom stereocenters. The highest BCUT2D eigenvalue weighted by molar-refractivity contribution is 7.89. The number of esters is 1. The maximum Gasteiger partial charge on any atom is 0.305 e. The van der Waals surface area contributed by atoms with Crippen molar-refractivity contribution >= 4 is 16.0 Å². The van der Waals surface area contributed by atoms with Gasteiger partial charge in [-0.15, -0.1) is 0 Å². The number of nitrogens with one attached hydrogen (secondary N) is 1. The Labute approximate surface area is 183 Å². The van der Waals surface area contributed by atoms with Crippen LogP contribution in [0.4, 0.5) is 4.39 Å². The Bertz CT molecular complexity index is 914. The van der Waals surface area contributed by atoms with Gasteiger partial charge in [-0.1, -0.05) is 37.8 Å². The van der Waals surface area contributed by atoms with Crippen LogP contribution in [0.3, 0.4) is 0 Å². The van der Waals surface area contributed by atoms with Crippen LogP contribution in [-0.4, -0.2) is 28.6 Å². The second kappa shape index (κ2) is 12.4. The number of rotatable bonds is 13. The second-order valence-corrected chi connectivity index (χ2v) is 9.00. The summed E-state index contributed by atoms with van der Waals surface area (Å²) in [6.45, 7) is 0. The van der Waals surface area contributed by atoms with Crippen molar-refractivity contribution in [2.24, 2.45) is 0 Å². The summed E-state index contributed by atoms with van der Waals surface area (Å²) in [6, 6.07) is 11.6. The third kappa shape index (κ3) is 8.30. The Morgan fingerprint density at radius 1 is 0.935 bits per heavy atom. The summed E-state index contributed by atoms with van der Waals surface area (Å²) in [5, 5.41) is 0. The van der Waals surface area contributed by atoms with Crippen molar-refractivity contribution in [2.45, 2.75) is 55.9 Å². The molecule has 0 radical (unpaired) electrons. The van der Waals surface area contributed by atoms with Gasteiger partial charge in [0.2, 0.25) is 10.0 Å². The number of hydrogen-bond donors (Lipinski definition) is 1. The van der Waals surface area contributed by atoms with Crippen molar-refractivity contribution in [1.82, 2.24) is 4.72 Å². The van der Waals surface area contributed by atoms with Crippen LogP contribution in [0.5, 0.6) is 5.75 Å². The van der Waals surface area contributed by atoms with Crippen LogP contribution >= 0.6 is 0 Å². The number of carbonyl (C=O) groups excluding carboxylic acids is 1. The first-order valence-electron chi connectivity index (χ1n) is 10.3. The van der Waals surface area contributed by atoms with Gasteiger partial charge in [0.05, 0.1) is 19.1 Å². The van der Waals surface area contributed by atoms with Gasteiger partial charge in [0.25, 0.3) is 0 Å². The van der Waals surface area contributed by atoms with Crippen molar-refractivity contribution in [1.29, 1.82) is 0 Å². The summed E-state index contributed by atoms with van der Waals surface area (Å²) in [4.78, 5) is 11.3. The summed E-state index contributed by atoms with van der Waals surface area (Å²) < 4.78 is 51.6. The van der Waals surface area contributed by atoms with Gasteiger partial charge in [-0.3, -0.25) is 4.79 Å². The van der Waals surface area contributed by atoms with E-state index in [2.05, 4.69) is 9.46 Å². The number of carbonyl (C=O) groups is 1. The van der Waals surface area contributed by atoms with Gasteiger partial charge in [0.15, 0.2) is 0 Å². The average molecular weight is 452 g/mol. The Kier molecular flexibility index (Phi) is 9.94. The molecule has 31 heavy (non-hydrogen) atoms. The largest absolute Gasteiger partial charge is 0.497 e. The molecule has 0 saturated carbocycles. The van der Waals surface area contributed by atoms with Gasteiger partial charge in [-0.05, 0) is 54.8 Å². The van der Waals surface area contributed by atoms with Gasteiger partial charge < -0.3 is 9.47 Å². The quantitative estimate of drug-likeness (QED) is 0.351. The Morgan fingerprint density at radius 2 is 1.55 bits per heavy atom. The van der Waals surface area contributed by atoms with Gasteiger partial charge >= 0.3 is 5.97 Å². The fourth-order valence-corrected chi connectivity index (χ4v) is 4.51. The maximum absolute atomic E-state index is 13.3. The predicted molar refractivity (Wildman–Crippen MR) is 117 cm³/mol. The number of sulfonamides is 1. The first-order chi connectivity index (χ1) is 14.9. The van der Waals surface area contributed by atoms with Gasteiger partial charge in [-0.25, -0.2) is 17.5 Å². The Hall–Kier alpha value is -2.45. The van der Waals surface area contributed by atoms with Gasteiger partial charge in [0.1, 0.15) is 11.6 Å². The zero-order valence-corrected chi connectivity index (χ0v) is 18.8. The summed E-state index contributed by atoms with van der Waals surface area (Å²) in [6.07, 6.45) is 5.33. The minimum absolute atomic E-state index is 0.142. The molecule has 0 heterocycles. The molecule has 0 spiro atoms. The molecule has 2 aromatic carbocycles. The third-order valence-corrected chi connectivity index (χ3v) is 6.53. The number of unbranched alkanes of at least 4 members (excludes halogenated alkanes) is 4. The van der Waals surface area contributed by atoms with Crippen molar-refractivity contribution in [3.63, 3.8) is 0 Å². The molecule has 170 valence electrons. The van der Waals surface area contributed by atoms with Crippen molar-refractivity contribution in [3.8, 4) is 5.75 Å². The van der Waals surface area contributed by atoms with E-state index in [-0.39, 0.29) is 16.7 Å². The van der Waals surface area contributed by atoms with E-state index in [0.29, 0.717) is 24.2 Å². The van der Waals surface area contributed by atoms with Crippen LogP contribution in [0.1, 0.15) is 56.6 Å². The second-order valence-electron chi connectivity index (χ2n) is 7.28. The molecule has 2 aromatic rings. The molecule has 0 amide bonds. The lowest BCUT2D eigenvalue weighted by Crippen LogP contribution is -2.28. The SMILES string of the molecule is COC(=O)CCCCCCCC(NS(=O)(=O)c1ccc(OC)cc1)c1ccc(F)cc1. The topological polar surface area (TPSA) is 81.7 Å². The first-order valence-corrected chi connectivity index (χ1v) is 11.8. The summed E-state index contributed by atoms with van der Waals surface area (Å²) in [7, 11) is -0.862. The zero-order chi connectivity index (χ0) is 22.7. The molecule has 0 bridgehead atoms. The lowest BCUT2D eigenvalue weighted by Gasteiger charge is -2.19. The molecule has 0 aromatic heterocycles. The molecule has 0 aliphatic rings. The normalized spacial score (nSPS) is 12.4. The molecule has 1 atom stereocenters. The van der Waals surface area contributed by atoms with Crippen LogP contribution in [0.2, 0.25) is 0 Å². The third-order valence-electron chi connectivity index (χ3n) is 5.04. The summed E-state index contributed by atoms with van der Waals surface area (Å²) in [5.74, 6) is -0.00309. The lowest BCUT2D eigenvalue weighted by molar-refractivity contribution is -0.140. The fraction of sp³-hybridized carbons (Fsp3) is 0.435. The number of halogens is 1. The predicted octanol–water partition coefficient (Wildman–Crippen LogP) is 4.76. The molecule has 8 heteroatoms. The minimum atomic E-state index is -3.76. The fourth-order valence-electron chi connectivity index (χ4n) is 3.25. The van der Waals surface area contributed by atoms with E-state index in [9.17, 15) is 17.6 Å². The highest BCUT2D eigenvalue weighted by Crippen LogP contribution is 2.24. The van der Waals surface area contributed by atoms with E-state index in [1.54, 1.807) is 24.3 Å². The minimum Gasteiger partial charge on any atom is -0.497 e. The van der Waals surface area contributed by atoms with E-state index in [1.807, 2.05) is 0 Å². The molecule has 0 fully saturated rings. The Balaban J connectivity index is 1.98. The van der Waals surface area contributed by atoms with Crippen molar-refractivity contribution < 1.29 is 27.1 Å². The molecule has 0 aliphatic carbocycles. The molecule has 6 nitrogen and oxygen atoms in total. The summed E-state index contributed by atoms with van der Waals surface area (Å²) >= 11 is 0. The number of methoxy groups -OCH3 is 2. The van der Waals surface area contributed by atoms with Crippen LogP contribution < -0.4 is 9.46 Å². The van der Waals surface area contributed by atoms with E-state index < -0.39 is 16.1 Å². The monoisotopic (exact) mass is 451 g/mol. The zero-order valence-electron chi connectivity index (χ0n) is 18.0. The van der Waals surface area contributed by atoms with Gasteiger partial charge in [-0.2, -0.15) is 0 Å². The smallest absolute Gasteiger partial charge is 0.305 e. The highest BCUT2D eigenvalue weighted by Gasteiger charge is 2.21. The first kappa shape index (κ1) is 24.8. The molecule has 0 aliphatic heterocycles. The summed E-state index contributed by atoms with van der Waals surface area (Å²) in [5.41, 5.74) is 0.712. The molecule has 0 saturated heterocycles. The number of ether oxygens (including phenoxy) is 2. The number of benzene rings is 2. The highest BCUT2D eigenvalue weighted by atomic mass is 32.2. The van der Waals surface area contributed by atoms with E-state index in [1.165, 1.54) is 38.5 Å². The molecular weight excluding hydrogens is 421 g/mol. The van der Waals surface area contributed by atoms with Crippen LogP contribution in [0, 0.1) is 5.82 Å². The van der Waals surface area contributed by atoms with Crippen LogP contribution in [0.25, 0.3) is 0 Å².